The predicted octanol–water partition coefficient (Wildman–Crippen LogP) is 3.11. The Bertz CT molecular complexity index is 1200. The van der Waals surface area contributed by atoms with Gasteiger partial charge in [0.25, 0.3) is 5.91 Å². The maximum Gasteiger partial charge on any atom is 0.337 e. The fourth-order valence-electron chi connectivity index (χ4n) is 3.02. The van der Waals surface area contributed by atoms with Gasteiger partial charge in [0.1, 0.15) is 5.75 Å². The first-order chi connectivity index (χ1) is 14.0. The molecule has 0 radical (unpaired) electrons. The molecule has 7 heteroatoms. The molecule has 0 bridgehead atoms. The first-order valence-corrected chi connectivity index (χ1v) is 9.64. The fourth-order valence-corrected chi connectivity index (χ4v) is 4.10. The highest BCUT2D eigenvalue weighted by Gasteiger charge is 2.12. The number of esters is 1. The summed E-state index contributed by atoms with van der Waals surface area (Å²) < 4.78 is 12.6. The number of terminal acetylenes is 1. The first kappa shape index (κ1) is 20.4. The van der Waals surface area contributed by atoms with Gasteiger partial charge in [0.15, 0.2) is 4.80 Å². The van der Waals surface area contributed by atoms with Gasteiger partial charge in [-0.2, -0.15) is 4.99 Å². The molecule has 0 unspecified atom stereocenters. The molecule has 0 atom stereocenters. The van der Waals surface area contributed by atoms with E-state index in [9.17, 15) is 9.59 Å². The first-order valence-electron chi connectivity index (χ1n) is 8.83. The van der Waals surface area contributed by atoms with Gasteiger partial charge in [-0.1, -0.05) is 29.4 Å². The highest BCUT2D eigenvalue weighted by molar-refractivity contribution is 7.16. The van der Waals surface area contributed by atoms with Gasteiger partial charge in [-0.3, -0.25) is 4.79 Å². The van der Waals surface area contributed by atoms with Gasteiger partial charge in [-0.15, -0.1) is 6.42 Å². The number of aryl methyl sites for hydroxylation is 1. The lowest BCUT2D eigenvalue weighted by atomic mass is 10.1. The average Bonchev–Trinajstić information content (AvgIpc) is 3.04. The van der Waals surface area contributed by atoms with Crippen molar-refractivity contribution >= 4 is 33.4 Å². The number of thiazole rings is 1. The Morgan fingerprint density at radius 2 is 2.00 bits per heavy atom. The van der Waals surface area contributed by atoms with Crippen molar-refractivity contribution in [3.8, 4) is 18.1 Å². The largest absolute Gasteiger partial charge is 0.496 e. The number of hydrogen-bond acceptors (Lipinski definition) is 5. The quantitative estimate of drug-likeness (QED) is 0.481. The Kier molecular flexibility index (Phi) is 6.15. The van der Waals surface area contributed by atoms with Crippen LogP contribution >= 0.6 is 11.3 Å². The van der Waals surface area contributed by atoms with E-state index in [1.807, 2.05) is 25.1 Å². The Labute approximate surface area is 172 Å². The Morgan fingerprint density at radius 3 is 2.66 bits per heavy atom. The van der Waals surface area contributed by atoms with E-state index in [1.54, 1.807) is 29.9 Å². The van der Waals surface area contributed by atoms with Crippen molar-refractivity contribution in [1.29, 1.82) is 0 Å². The minimum Gasteiger partial charge on any atom is -0.496 e. The molecule has 3 rings (SSSR count). The number of rotatable bonds is 5. The van der Waals surface area contributed by atoms with E-state index < -0.39 is 5.97 Å². The molecule has 0 N–H and O–H groups in total. The molecule has 1 aromatic heterocycles. The lowest BCUT2D eigenvalue weighted by Crippen LogP contribution is -2.17. The average molecular weight is 408 g/mol. The topological polar surface area (TPSA) is 69.9 Å². The third kappa shape index (κ3) is 4.39. The highest BCUT2D eigenvalue weighted by atomic mass is 32.1. The minimum absolute atomic E-state index is 0.169. The van der Waals surface area contributed by atoms with E-state index in [1.165, 1.54) is 18.4 Å². The van der Waals surface area contributed by atoms with Gasteiger partial charge in [-0.05, 0) is 42.3 Å². The van der Waals surface area contributed by atoms with Crippen LogP contribution in [0.2, 0.25) is 0 Å². The summed E-state index contributed by atoms with van der Waals surface area (Å²) in [5.74, 6) is 2.66. The van der Waals surface area contributed by atoms with Crippen LogP contribution in [0.4, 0.5) is 0 Å². The molecule has 0 fully saturated rings. The Hall–Kier alpha value is -3.37. The number of nitrogens with zero attached hydrogens (tertiary/aromatic N) is 2. The second-order valence-electron chi connectivity index (χ2n) is 6.34. The number of ether oxygens (including phenoxy) is 2. The molecule has 6 nitrogen and oxygen atoms in total. The van der Waals surface area contributed by atoms with Crippen LogP contribution < -0.4 is 9.54 Å². The monoisotopic (exact) mass is 408 g/mol. The van der Waals surface area contributed by atoms with Crippen LogP contribution in [0.5, 0.6) is 5.75 Å². The van der Waals surface area contributed by atoms with Gasteiger partial charge >= 0.3 is 5.97 Å². The third-order valence-electron chi connectivity index (χ3n) is 4.39. The van der Waals surface area contributed by atoms with E-state index >= 15 is 0 Å². The Balaban J connectivity index is 1.98. The van der Waals surface area contributed by atoms with Gasteiger partial charge < -0.3 is 14.0 Å². The van der Waals surface area contributed by atoms with E-state index in [4.69, 9.17) is 15.9 Å². The van der Waals surface area contributed by atoms with Crippen molar-refractivity contribution in [3.05, 3.63) is 57.9 Å². The van der Waals surface area contributed by atoms with Crippen LogP contribution in [0, 0.1) is 19.3 Å². The summed E-state index contributed by atoms with van der Waals surface area (Å²) in [6.45, 7) is 2.20. The number of fused-ring (bicyclic) bond motifs is 1. The molecule has 2 aromatic carbocycles. The van der Waals surface area contributed by atoms with Crippen LogP contribution in [0.25, 0.3) is 10.2 Å². The number of carbonyl (C=O) groups is 2. The molecule has 29 heavy (non-hydrogen) atoms. The number of methoxy groups -OCH3 is 2. The summed E-state index contributed by atoms with van der Waals surface area (Å²) in [5.41, 5.74) is 3.06. The number of aromatic nitrogens is 1. The lowest BCUT2D eigenvalue weighted by Gasteiger charge is -2.06. The van der Waals surface area contributed by atoms with Crippen molar-refractivity contribution < 1.29 is 19.1 Å². The van der Waals surface area contributed by atoms with E-state index in [0.29, 0.717) is 10.4 Å². The molecule has 0 saturated carbocycles. The van der Waals surface area contributed by atoms with Crippen LogP contribution in [0.1, 0.15) is 21.5 Å². The Morgan fingerprint density at radius 1 is 1.21 bits per heavy atom. The lowest BCUT2D eigenvalue weighted by molar-refractivity contribution is -0.117. The molecule has 3 aromatic rings. The van der Waals surface area contributed by atoms with Gasteiger partial charge in [0.2, 0.25) is 0 Å². The summed E-state index contributed by atoms with van der Waals surface area (Å²) in [6, 6.07) is 10.8. The van der Waals surface area contributed by atoms with Crippen LogP contribution in [-0.2, 0) is 22.5 Å². The molecule has 0 spiro atoms. The summed E-state index contributed by atoms with van der Waals surface area (Å²) >= 11 is 1.31. The van der Waals surface area contributed by atoms with Crippen molar-refractivity contribution in [3.63, 3.8) is 0 Å². The minimum atomic E-state index is -0.423. The van der Waals surface area contributed by atoms with Crippen molar-refractivity contribution in [1.82, 2.24) is 4.57 Å². The smallest absolute Gasteiger partial charge is 0.337 e. The van der Waals surface area contributed by atoms with Gasteiger partial charge in [0.05, 0.1) is 43.0 Å². The van der Waals surface area contributed by atoms with Crippen LogP contribution in [-0.4, -0.2) is 30.7 Å². The molecule has 1 heterocycles. The molecule has 0 aliphatic carbocycles. The molecule has 1 amide bonds. The van der Waals surface area contributed by atoms with Gasteiger partial charge in [0, 0.05) is 0 Å². The molecule has 0 saturated heterocycles. The molecule has 0 aliphatic heterocycles. The molecular weight excluding hydrogens is 388 g/mol. The summed E-state index contributed by atoms with van der Waals surface area (Å²) in [4.78, 5) is 29.1. The number of amides is 1. The standard InChI is InChI=1S/C22H20N2O4S/c1-5-10-24-17-8-7-16(21(26)28-4)13-19(17)29-22(24)23-20(25)12-15-6-9-18(27-3)14(2)11-15/h1,6-9,11,13H,10,12H2,2-4H3. The molecular formula is C22H20N2O4S. The zero-order valence-electron chi connectivity index (χ0n) is 16.4. The van der Waals surface area contributed by atoms with Crippen molar-refractivity contribution in [2.45, 2.75) is 19.9 Å². The zero-order chi connectivity index (χ0) is 21.0. The number of benzene rings is 2. The van der Waals surface area contributed by atoms with Crippen molar-refractivity contribution in [2.75, 3.05) is 14.2 Å². The molecule has 148 valence electrons. The van der Waals surface area contributed by atoms with E-state index in [2.05, 4.69) is 10.9 Å². The highest BCUT2D eigenvalue weighted by Crippen LogP contribution is 2.21. The van der Waals surface area contributed by atoms with Crippen molar-refractivity contribution in [2.24, 2.45) is 4.99 Å². The predicted molar refractivity (Wildman–Crippen MR) is 112 cm³/mol. The van der Waals surface area contributed by atoms with E-state index in [-0.39, 0.29) is 18.9 Å². The summed E-state index contributed by atoms with van der Waals surface area (Å²) in [6.07, 6.45) is 5.67. The number of carbonyl (C=O) groups excluding carboxylic acids is 2. The van der Waals surface area contributed by atoms with E-state index in [0.717, 1.165) is 27.1 Å². The number of hydrogen-bond donors (Lipinski definition) is 0. The SMILES string of the molecule is C#CCn1c(=NC(=O)Cc2ccc(OC)c(C)c2)sc2cc(C(=O)OC)ccc21. The summed E-state index contributed by atoms with van der Waals surface area (Å²) in [7, 11) is 2.94. The van der Waals surface area contributed by atoms with Gasteiger partial charge in [-0.25, -0.2) is 4.79 Å². The van der Waals surface area contributed by atoms with Crippen LogP contribution in [0.3, 0.4) is 0 Å². The maximum atomic E-state index is 12.6. The second-order valence-corrected chi connectivity index (χ2v) is 7.34. The molecule has 0 aliphatic rings. The third-order valence-corrected chi connectivity index (χ3v) is 5.43. The van der Waals surface area contributed by atoms with Crippen LogP contribution in [0.15, 0.2) is 41.4 Å². The maximum absolute atomic E-state index is 12.6. The zero-order valence-corrected chi connectivity index (χ0v) is 17.2. The normalized spacial score (nSPS) is 11.3. The second kappa shape index (κ2) is 8.76. The summed E-state index contributed by atoms with van der Waals surface area (Å²) in [5, 5.41) is 0. The fraction of sp³-hybridized carbons (Fsp3) is 0.227.